The molecule has 1 saturated carbocycles. The third kappa shape index (κ3) is 3.31. The topological polar surface area (TPSA) is 129 Å². The lowest BCUT2D eigenvalue weighted by Gasteiger charge is -2.21. The number of halogens is 3. The third-order valence-corrected chi connectivity index (χ3v) is 4.55. The average Bonchev–Trinajstić information content (AvgIpc) is 3.14. The molecule has 0 unspecified atom stereocenters. The molecule has 2 aliphatic rings. The molecule has 1 aliphatic heterocycles. The lowest BCUT2D eigenvalue weighted by molar-refractivity contribution is -0.0703. The van der Waals surface area contributed by atoms with Crippen molar-refractivity contribution in [1.82, 2.24) is 9.55 Å². The quantitative estimate of drug-likeness (QED) is 0.312. The molecule has 0 aromatic carbocycles. The van der Waals surface area contributed by atoms with Crippen molar-refractivity contribution in [3.05, 3.63) is 17.7 Å². The van der Waals surface area contributed by atoms with E-state index < -0.39 is 36.4 Å². The summed E-state index contributed by atoms with van der Waals surface area (Å²) in [6.45, 7) is 0. The van der Waals surface area contributed by atoms with E-state index in [0.29, 0.717) is 17.8 Å². The lowest BCUT2D eigenvalue weighted by atomic mass is 9.98. The Morgan fingerprint density at radius 3 is 2.73 bits per heavy atom. The predicted octanol–water partition coefficient (Wildman–Crippen LogP) is -0.660. The number of rotatable bonds is 2. The minimum absolute atomic E-state index is 0.0189. The number of aliphatic imine (C=N–C) groups is 1. The van der Waals surface area contributed by atoms with Gasteiger partial charge in [-0.15, -0.1) is 0 Å². The smallest absolute Gasteiger partial charge is 0.390 e. The molecule has 0 spiro atoms. The number of aromatic nitrogens is 2. The summed E-state index contributed by atoms with van der Waals surface area (Å²) in [5.74, 6) is 7.11. The highest BCUT2D eigenvalue weighted by Gasteiger charge is 2.46. The Morgan fingerprint density at radius 1 is 1.35 bits per heavy atom. The highest BCUT2D eigenvalue weighted by atomic mass is 19.4. The van der Waals surface area contributed by atoms with Crippen molar-refractivity contribution in [1.29, 1.82) is 0 Å². The molecule has 1 aromatic rings. The van der Waals surface area contributed by atoms with E-state index >= 15 is 0 Å². The van der Waals surface area contributed by atoms with Gasteiger partial charge in [-0.2, -0.15) is 18.3 Å². The second-order valence-corrected chi connectivity index (χ2v) is 6.08. The van der Waals surface area contributed by atoms with Gasteiger partial charge in [0.25, 0.3) is 0 Å². The minimum Gasteiger partial charge on any atom is -0.390 e. The van der Waals surface area contributed by atoms with Gasteiger partial charge in [0, 0.05) is 24.5 Å². The van der Waals surface area contributed by atoms with Crippen LogP contribution in [-0.4, -0.2) is 61.4 Å². The molecule has 0 bridgehead atoms. The van der Waals surface area contributed by atoms with Crippen molar-refractivity contribution in [2.24, 2.45) is 21.9 Å². The van der Waals surface area contributed by atoms with Crippen molar-refractivity contribution < 1.29 is 28.5 Å². The highest BCUT2D eigenvalue weighted by molar-refractivity contribution is 6.05. The molecule has 1 aromatic heterocycles. The Bertz CT molecular complexity index is 808. The van der Waals surface area contributed by atoms with Crippen molar-refractivity contribution in [2.45, 2.75) is 43.4 Å². The van der Waals surface area contributed by atoms with E-state index in [-0.39, 0.29) is 12.3 Å². The number of hydrogen-bond acceptors (Lipinski definition) is 6. The van der Waals surface area contributed by atoms with E-state index in [1.54, 1.807) is 16.7 Å². The average molecular weight is 371 g/mol. The number of alkyl halides is 3. The summed E-state index contributed by atoms with van der Waals surface area (Å²) in [6.07, 6.45) is -5.84. The van der Waals surface area contributed by atoms with E-state index in [9.17, 15) is 28.5 Å². The summed E-state index contributed by atoms with van der Waals surface area (Å²) in [5.41, 5.74) is 1.08. The molecular weight excluding hydrogens is 355 g/mol. The van der Waals surface area contributed by atoms with Crippen LogP contribution in [0.5, 0.6) is 0 Å². The maximum atomic E-state index is 12.2. The van der Waals surface area contributed by atoms with Crippen LogP contribution in [0.3, 0.4) is 0 Å². The first-order valence-corrected chi connectivity index (χ1v) is 7.73. The second kappa shape index (κ2) is 6.71. The van der Waals surface area contributed by atoms with Gasteiger partial charge in [-0.3, -0.25) is 0 Å². The van der Waals surface area contributed by atoms with Gasteiger partial charge in [0.15, 0.2) is 5.84 Å². The van der Waals surface area contributed by atoms with E-state index in [1.165, 1.54) is 6.33 Å². The maximum Gasteiger partial charge on any atom is 0.457 e. The number of imidazole rings is 1. The monoisotopic (exact) mass is 371 g/mol. The molecule has 0 amide bonds. The zero-order valence-corrected chi connectivity index (χ0v) is 13.3. The minimum atomic E-state index is -4.75. The number of fused-ring (bicyclic) bond motifs is 1. The molecule has 3 rings (SSSR count). The van der Waals surface area contributed by atoms with Gasteiger partial charge < -0.3 is 25.7 Å². The van der Waals surface area contributed by atoms with Crippen LogP contribution < -0.4 is 5.84 Å². The largest absolute Gasteiger partial charge is 0.457 e. The molecule has 8 nitrogen and oxygen atoms in total. The molecule has 26 heavy (non-hydrogen) atoms. The fourth-order valence-corrected chi connectivity index (χ4v) is 3.33. The van der Waals surface area contributed by atoms with E-state index in [4.69, 9.17) is 5.84 Å². The number of hydrogen-bond donors (Lipinski definition) is 4. The van der Waals surface area contributed by atoms with Crippen LogP contribution in [0.2, 0.25) is 0 Å². The SMILES string of the molecule is N/N=C1/N=CCc2c1ncn2[C@@H]1C[C@H]([C@H](O)C#CC(F)(F)F)[C@@H](O)[C@H]1O. The Balaban J connectivity index is 1.85. The van der Waals surface area contributed by atoms with Gasteiger partial charge >= 0.3 is 6.18 Å². The zero-order chi connectivity index (χ0) is 19.1. The van der Waals surface area contributed by atoms with Gasteiger partial charge in [0.2, 0.25) is 0 Å². The lowest BCUT2D eigenvalue weighted by Crippen LogP contribution is -2.34. The molecule has 1 aliphatic carbocycles. The number of nitrogens with zero attached hydrogens (tertiary/aromatic N) is 4. The summed E-state index contributed by atoms with van der Waals surface area (Å²) in [5, 5.41) is 33.9. The van der Waals surface area contributed by atoms with Gasteiger partial charge in [-0.25, -0.2) is 9.98 Å². The Hall–Kier alpha value is -2.42. The zero-order valence-electron chi connectivity index (χ0n) is 13.3. The van der Waals surface area contributed by atoms with Crippen LogP contribution in [0.25, 0.3) is 0 Å². The first-order chi connectivity index (χ1) is 12.2. The molecule has 0 saturated heterocycles. The van der Waals surface area contributed by atoms with Crippen LogP contribution in [-0.2, 0) is 6.42 Å². The Kier molecular flexibility index (Phi) is 4.74. The van der Waals surface area contributed by atoms with Crippen LogP contribution in [0.15, 0.2) is 16.4 Å². The normalized spacial score (nSPS) is 30.8. The number of amidine groups is 1. The molecule has 1 fully saturated rings. The summed E-state index contributed by atoms with van der Waals surface area (Å²) in [7, 11) is 0. The number of aliphatic hydroxyl groups is 3. The second-order valence-electron chi connectivity index (χ2n) is 6.08. The highest BCUT2D eigenvalue weighted by Crippen LogP contribution is 2.38. The van der Waals surface area contributed by atoms with E-state index in [2.05, 4.69) is 15.1 Å². The fourth-order valence-electron chi connectivity index (χ4n) is 3.33. The van der Waals surface area contributed by atoms with Crippen molar-refractivity contribution in [2.75, 3.05) is 0 Å². The summed E-state index contributed by atoms with van der Waals surface area (Å²) < 4.78 is 38.2. The summed E-state index contributed by atoms with van der Waals surface area (Å²) >= 11 is 0. The van der Waals surface area contributed by atoms with Gasteiger partial charge in [0.1, 0.15) is 17.9 Å². The van der Waals surface area contributed by atoms with E-state index in [0.717, 1.165) is 5.92 Å². The molecule has 140 valence electrons. The predicted molar refractivity (Wildman–Crippen MR) is 84.1 cm³/mol. The number of nitrogens with two attached hydrogens (primary N) is 1. The molecule has 5 atom stereocenters. The van der Waals surface area contributed by atoms with Crippen LogP contribution >= 0.6 is 0 Å². The maximum absolute atomic E-state index is 12.2. The van der Waals surface area contributed by atoms with Crippen LogP contribution in [0.1, 0.15) is 23.9 Å². The fraction of sp³-hybridized carbons (Fsp3) is 0.533. The van der Waals surface area contributed by atoms with Gasteiger partial charge in [-0.1, -0.05) is 5.92 Å². The molecule has 0 radical (unpaired) electrons. The van der Waals surface area contributed by atoms with Gasteiger partial charge in [-0.05, 0) is 6.42 Å². The molecular formula is C15H16F3N5O3. The molecule has 5 N–H and O–H groups in total. The van der Waals surface area contributed by atoms with E-state index in [1.807, 2.05) is 0 Å². The first-order valence-electron chi connectivity index (χ1n) is 7.73. The van der Waals surface area contributed by atoms with Crippen LogP contribution in [0.4, 0.5) is 13.2 Å². The number of aliphatic hydroxyl groups excluding tert-OH is 3. The van der Waals surface area contributed by atoms with Crippen LogP contribution in [0, 0.1) is 17.8 Å². The summed E-state index contributed by atoms with van der Waals surface area (Å²) in [6, 6.07) is -0.695. The van der Waals surface area contributed by atoms with Gasteiger partial charge in [0.05, 0.1) is 24.2 Å². The molecule has 2 heterocycles. The van der Waals surface area contributed by atoms with Crippen molar-refractivity contribution in [3.8, 4) is 11.8 Å². The van der Waals surface area contributed by atoms with Crippen molar-refractivity contribution in [3.63, 3.8) is 0 Å². The standard InChI is InChI=1S/C15H16F3N5O3/c16-15(17,18)3-1-10(24)7-5-9(13(26)12(7)25)23-6-21-11-8(23)2-4-20-14(11)22-19/h4,6-7,9-10,12-13,24-26H,2,5,19H2/b22-14+/t7-,9-,10-,12-,13+/m1/s1. The Labute approximate surface area is 145 Å². The number of hydrazone groups is 1. The molecule has 11 heteroatoms. The Morgan fingerprint density at radius 2 is 2.08 bits per heavy atom. The first kappa shape index (κ1) is 18.4. The third-order valence-electron chi connectivity index (χ3n) is 4.55. The van der Waals surface area contributed by atoms with Crippen molar-refractivity contribution >= 4 is 12.1 Å². The summed E-state index contributed by atoms with van der Waals surface area (Å²) in [4.78, 5) is 8.16.